The summed E-state index contributed by atoms with van der Waals surface area (Å²) in [7, 11) is 0. The predicted octanol–water partition coefficient (Wildman–Crippen LogP) is 6.05. The van der Waals surface area contributed by atoms with E-state index in [-0.39, 0.29) is 23.0 Å². The minimum atomic E-state index is -0.568. The summed E-state index contributed by atoms with van der Waals surface area (Å²) in [5.74, 6) is -0.682. The maximum Gasteiger partial charge on any atom is 0.262 e. The zero-order valence-electron chi connectivity index (χ0n) is 18.0. The van der Waals surface area contributed by atoms with Crippen LogP contribution in [-0.4, -0.2) is 18.4 Å². The Morgan fingerprint density at radius 1 is 0.938 bits per heavy atom. The maximum absolute atomic E-state index is 13.3. The second-order valence-electron chi connectivity index (χ2n) is 8.25. The molecular weight excluding hydrogens is 431 g/mol. The summed E-state index contributed by atoms with van der Waals surface area (Å²) in [6.45, 7) is 6.06. The molecule has 166 valence electrons. The Kier molecular flexibility index (Phi) is 7.15. The Hall–Kier alpha value is -3.38. The Morgan fingerprint density at radius 3 is 2.38 bits per heavy atom. The highest BCUT2D eigenvalue weighted by Gasteiger charge is 2.19. The minimum Gasteiger partial charge on any atom is -0.483 e. The van der Waals surface area contributed by atoms with Crippen LogP contribution in [0.1, 0.15) is 36.7 Å². The van der Waals surface area contributed by atoms with Crippen LogP contribution in [0.5, 0.6) is 5.75 Å². The number of carbonyl (C=O) groups excluding carboxylic acids is 2. The largest absolute Gasteiger partial charge is 0.483 e. The van der Waals surface area contributed by atoms with Crippen LogP contribution in [-0.2, 0) is 10.2 Å². The lowest BCUT2D eigenvalue weighted by Crippen LogP contribution is -2.22. The topological polar surface area (TPSA) is 67.4 Å². The predicted molar refractivity (Wildman–Crippen MR) is 125 cm³/mol. The molecule has 0 radical (unpaired) electrons. The third kappa shape index (κ3) is 6.08. The number of hydrogen-bond donors (Lipinski definition) is 2. The molecule has 0 saturated heterocycles. The van der Waals surface area contributed by atoms with Gasteiger partial charge in [0, 0.05) is 16.9 Å². The van der Waals surface area contributed by atoms with Gasteiger partial charge in [0.1, 0.15) is 11.6 Å². The Bertz CT molecular complexity index is 1140. The molecule has 0 fully saturated rings. The van der Waals surface area contributed by atoms with Crippen molar-refractivity contribution in [3.63, 3.8) is 0 Å². The highest BCUT2D eigenvalue weighted by molar-refractivity contribution is 6.31. The first-order chi connectivity index (χ1) is 15.1. The molecule has 0 bridgehead atoms. The molecule has 3 aromatic carbocycles. The summed E-state index contributed by atoms with van der Waals surface area (Å²) in [5, 5.41) is 5.29. The number of amides is 2. The van der Waals surface area contributed by atoms with Crippen molar-refractivity contribution < 1.29 is 18.7 Å². The molecule has 0 heterocycles. The van der Waals surface area contributed by atoms with Crippen LogP contribution in [0.25, 0.3) is 0 Å². The first-order valence-corrected chi connectivity index (χ1v) is 10.4. The van der Waals surface area contributed by atoms with Crippen molar-refractivity contribution in [2.45, 2.75) is 26.2 Å². The van der Waals surface area contributed by atoms with E-state index in [4.69, 9.17) is 16.3 Å². The number of benzene rings is 3. The van der Waals surface area contributed by atoms with E-state index < -0.39 is 11.7 Å². The fraction of sp³-hybridized carbons (Fsp3) is 0.200. The van der Waals surface area contributed by atoms with Gasteiger partial charge in [-0.25, -0.2) is 4.39 Å². The molecular formula is C25H24ClFN2O3. The normalized spacial score (nSPS) is 11.0. The number of halogens is 2. The van der Waals surface area contributed by atoms with Gasteiger partial charge in [-0.05, 0) is 53.4 Å². The van der Waals surface area contributed by atoms with Gasteiger partial charge in [0.15, 0.2) is 6.61 Å². The standard InChI is InChI=1S/C25H24ClFN2O3/c1-25(2,3)19-9-4-5-10-22(19)32-15-23(30)28-17-8-6-7-16(13-17)24(31)29-18-11-12-21(27)20(26)14-18/h4-14H,15H2,1-3H3,(H,28,30)(H,29,31). The highest BCUT2D eigenvalue weighted by atomic mass is 35.5. The second kappa shape index (κ2) is 9.83. The van der Waals surface area contributed by atoms with Gasteiger partial charge in [0.05, 0.1) is 5.02 Å². The average Bonchev–Trinajstić information content (AvgIpc) is 2.74. The fourth-order valence-corrected chi connectivity index (χ4v) is 3.25. The van der Waals surface area contributed by atoms with E-state index in [9.17, 15) is 14.0 Å². The van der Waals surface area contributed by atoms with E-state index in [0.717, 1.165) is 5.56 Å². The lowest BCUT2D eigenvalue weighted by Gasteiger charge is -2.22. The van der Waals surface area contributed by atoms with E-state index in [1.807, 2.05) is 24.3 Å². The molecule has 2 N–H and O–H groups in total. The number of rotatable bonds is 6. The first kappa shape index (κ1) is 23.3. The van der Waals surface area contributed by atoms with Gasteiger partial charge in [-0.15, -0.1) is 0 Å². The van der Waals surface area contributed by atoms with E-state index in [1.165, 1.54) is 18.2 Å². The van der Waals surface area contributed by atoms with Gasteiger partial charge < -0.3 is 15.4 Å². The van der Waals surface area contributed by atoms with Crippen molar-refractivity contribution in [3.8, 4) is 5.75 Å². The van der Waals surface area contributed by atoms with Crippen LogP contribution in [0.15, 0.2) is 66.7 Å². The number of anilines is 2. The van der Waals surface area contributed by atoms with Gasteiger partial charge >= 0.3 is 0 Å². The van der Waals surface area contributed by atoms with Crippen molar-refractivity contribution >= 4 is 34.8 Å². The van der Waals surface area contributed by atoms with Crippen LogP contribution in [0.4, 0.5) is 15.8 Å². The van der Waals surface area contributed by atoms with Crippen molar-refractivity contribution in [2.75, 3.05) is 17.2 Å². The Labute approximate surface area is 191 Å². The Balaban J connectivity index is 1.62. The number of hydrogen-bond acceptors (Lipinski definition) is 3. The fourth-order valence-electron chi connectivity index (χ4n) is 3.07. The molecule has 0 aliphatic heterocycles. The SMILES string of the molecule is CC(C)(C)c1ccccc1OCC(=O)Nc1cccc(C(=O)Nc2ccc(F)c(Cl)c2)c1. The van der Waals surface area contributed by atoms with Crippen molar-refractivity contribution in [2.24, 2.45) is 0 Å². The number of para-hydroxylation sites is 1. The summed E-state index contributed by atoms with van der Waals surface area (Å²) >= 11 is 5.75. The summed E-state index contributed by atoms with van der Waals surface area (Å²) in [5.41, 5.74) is 2.02. The Morgan fingerprint density at radius 2 is 1.66 bits per heavy atom. The van der Waals surface area contributed by atoms with Crippen molar-refractivity contribution in [3.05, 3.63) is 88.7 Å². The molecule has 3 aromatic rings. The molecule has 0 saturated carbocycles. The van der Waals surface area contributed by atoms with Crippen LogP contribution in [0.2, 0.25) is 5.02 Å². The number of carbonyl (C=O) groups is 2. The molecule has 0 aliphatic carbocycles. The van der Waals surface area contributed by atoms with Gasteiger partial charge in [0.25, 0.3) is 11.8 Å². The molecule has 0 aromatic heterocycles. The van der Waals surface area contributed by atoms with E-state index >= 15 is 0 Å². The zero-order valence-corrected chi connectivity index (χ0v) is 18.8. The molecule has 0 unspecified atom stereocenters. The molecule has 0 atom stereocenters. The average molecular weight is 455 g/mol. The van der Waals surface area contributed by atoms with E-state index in [2.05, 4.69) is 31.4 Å². The maximum atomic E-state index is 13.3. The monoisotopic (exact) mass is 454 g/mol. The zero-order chi connectivity index (χ0) is 23.3. The highest BCUT2D eigenvalue weighted by Crippen LogP contribution is 2.31. The first-order valence-electron chi connectivity index (χ1n) is 10.0. The lowest BCUT2D eigenvalue weighted by atomic mass is 9.86. The van der Waals surface area contributed by atoms with Crippen LogP contribution in [0, 0.1) is 5.82 Å². The molecule has 0 spiro atoms. The molecule has 0 aliphatic rings. The molecule has 32 heavy (non-hydrogen) atoms. The summed E-state index contributed by atoms with van der Waals surface area (Å²) in [4.78, 5) is 24.9. The van der Waals surface area contributed by atoms with Crippen molar-refractivity contribution in [1.82, 2.24) is 0 Å². The summed E-state index contributed by atoms with van der Waals surface area (Å²) in [6, 6.07) is 18.0. The quantitative estimate of drug-likeness (QED) is 0.476. The molecule has 3 rings (SSSR count). The molecule has 5 nitrogen and oxygen atoms in total. The smallest absolute Gasteiger partial charge is 0.262 e. The van der Waals surface area contributed by atoms with E-state index in [1.54, 1.807) is 24.3 Å². The second-order valence-corrected chi connectivity index (χ2v) is 8.65. The van der Waals surface area contributed by atoms with Gasteiger partial charge in [-0.2, -0.15) is 0 Å². The van der Waals surface area contributed by atoms with Gasteiger partial charge in [-0.1, -0.05) is 56.6 Å². The number of nitrogens with one attached hydrogen (secondary N) is 2. The minimum absolute atomic E-state index is 0.0863. The molecule has 2 amide bonds. The lowest BCUT2D eigenvalue weighted by molar-refractivity contribution is -0.118. The van der Waals surface area contributed by atoms with E-state index in [0.29, 0.717) is 22.7 Å². The third-order valence-corrected chi connectivity index (χ3v) is 4.93. The van der Waals surface area contributed by atoms with Gasteiger partial charge in [0.2, 0.25) is 0 Å². The van der Waals surface area contributed by atoms with Crippen LogP contribution < -0.4 is 15.4 Å². The molecule has 7 heteroatoms. The summed E-state index contributed by atoms with van der Waals surface area (Å²) < 4.78 is 19.0. The van der Waals surface area contributed by atoms with Crippen LogP contribution in [0.3, 0.4) is 0 Å². The van der Waals surface area contributed by atoms with Gasteiger partial charge in [-0.3, -0.25) is 9.59 Å². The van der Waals surface area contributed by atoms with Crippen molar-refractivity contribution in [1.29, 1.82) is 0 Å². The van der Waals surface area contributed by atoms with Crippen LogP contribution >= 0.6 is 11.6 Å². The summed E-state index contributed by atoms with van der Waals surface area (Å²) in [6.07, 6.45) is 0. The number of ether oxygens (including phenoxy) is 1. The third-order valence-electron chi connectivity index (χ3n) is 4.64.